The zero-order valence-electron chi connectivity index (χ0n) is 7.67. The smallest absolute Gasteiger partial charge is 0.150 e. The van der Waals surface area contributed by atoms with Crippen molar-refractivity contribution in [2.75, 3.05) is 11.5 Å². The third-order valence-electron chi connectivity index (χ3n) is 1.66. The van der Waals surface area contributed by atoms with E-state index in [1.165, 1.54) is 0 Å². The van der Waals surface area contributed by atoms with Gasteiger partial charge in [0.15, 0.2) is 0 Å². The number of rotatable bonds is 1. The number of carbonyl (C=O) groups excluding carboxylic acids is 1. The molecule has 0 aromatic carbocycles. The van der Waals surface area contributed by atoms with E-state index in [1.54, 1.807) is 6.92 Å². The van der Waals surface area contributed by atoms with Crippen LogP contribution in [-0.2, 0) is 14.6 Å². The Labute approximate surface area is 74.1 Å². The lowest BCUT2D eigenvalue weighted by Gasteiger charge is -1.81. The second-order valence-corrected chi connectivity index (χ2v) is 5.22. The first kappa shape index (κ1) is 11.6. The second kappa shape index (κ2) is 5.30. The molecule has 1 saturated heterocycles. The van der Waals surface area contributed by atoms with Gasteiger partial charge in [-0.1, -0.05) is 6.92 Å². The molecule has 0 unspecified atom stereocenters. The van der Waals surface area contributed by atoms with E-state index in [0.29, 0.717) is 17.9 Å². The van der Waals surface area contributed by atoms with Gasteiger partial charge in [-0.3, -0.25) is 0 Å². The molecular formula is C8H16O3S. The molecular weight excluding hydrogens is 176 g/mol. The highest BCUT2D eigenvalue weighted by Crippen LogP contribution is 2.08. The Morgan fingerprint density at radius 3 is 1.67 bits per heavy atom. The summed E-state index contributed by atoms with van der Waals surface area (Å²) in [5.41, 5.74) is 0. The highest BCUT2D eigenvalue weighted by Gasteiger charge is 2.16. The van der Waals surface area contributed by atoms with Crippen LogP contribution in [0, 0.1) is 0 Å². The van der Waals surface area contributed by atoms with Gasteiger partial charge in [-0.25, -0.2) is 8.42 Å². The Balaban J connectivity index is 0.000000217. The largest absolute Gasteiger partial charge is 0.300 e. The topological polar surface area (TPSA) is 51.2 Å². The average Bonchev–Trinajstić information content (AvgIpc) is 2.35. The molecule has 0 aliphatic carbocycles. The molecule has 1 aliphatic rings. The van der Waals surface area contributed by atoms with Gasteiger partial charge >= 0.3 is 0 Å². The Bertz CT molecular complexity index is 217. The van der Waals surface area contributed by atoms with E-state index in [0.717, 1.165) is 12.8 Å². The lowest BCUT2D eigenvalue weighted by molar-refractivity contribution is -0.116. The maximum absolute atomic E-state index is 10.4. The van der Waals surface area contributed by atoms with Crippen molar-refractivity contribution in [1.29, 1.82) is 0 Å². The first-order valence-corrected chi connectivity index (χ1v) is 6.00. The molecule has 1 fully saturated rings. The normalized spacial score (nSPS) is 19.5. The van der Waals surface area contributed by atoms with Crippen LogP contribution >= 0.6 is 0 Å². The average molecular weight is 192 g/mol. The van der Waals surface area contributed by atoms with Crippen LogP contribution in [0.15, 0.2) is 0 Å². The van der Waals surface area contributed by atoms with Gasteiger partial charge in [-0.2, -0.15) is 0 Å². The van der Waals surface area contributed by atoms with Crippen molar-refractivity contribution in [3.8, 4) is 0 Å². The van der Waals surface area contributed by atoms with Gasteiger partial charge in [0.25, 0.3) is 0 Å². The first-order valence-electron chi connectivity index (χ1n) is 4.18. The number of hydrogen-bond donors (Lipinski definition) is 0. The highest BCUT2D eigenvalue weighted by atomic mass is 32.2. The standard InChI is InChI=1S/C4H8O2S.C4H8O/c5-7(6)3-1-2-4-7;1-3-4(2)5/h1-4H2;3H2,1-2H3. The quantitative estimate of drug-likeness (QED) is 0.627. The van der Waals surface area contributed by atoms with E-state index in [4.69, 9.17) is 0 Å². The van der Waals surface area contributed by atoms with E-state index >= 15 is 0 Å². The summed E-state index contributed by atoms with van der Waals surface area (Å²) in [6, 6.07) is 0. The molecule has 72 valence electrons. The summed E-state index contributed by atoms with van der Waals surface area (Å²) >= 11 is 0. The van der Waals surface area contributed by atoms with E-state index in [9.17, 15) is 13.2 Å². The Hall–Kier alpha value is -0.380. The second-order valence-electron chi connectivity index (χ2n) is 2.91. The van der Waals surface area contributed by atoms with Crippen molar-refractivity contribution in [3.63, 3.8) is 0 Å². The number of carbonyl (C=O) groups is 1. The maximum atomic E-state index is 10.4. The number of hydrogen-bond acceptors (Lipinski definition) is 3. The van der Waals surface area contributed by atoms with Crippen LogP contribution in [0.1, 0.15) is 33.1 Å². The molecule has 1 rings (SSSR count). The molecule has 1 heterocycles. The van der Waals surface area contributed by atoms with Crippen LogP contribution in [0.3, 0.4) is 0 Å². The van der Waals surface area contributed by atoms with Crippen molar-refractivity contribution in [2.24, 2.45) is 0 Å². The van der Waals surface area contributed by atoms with Crippen LogP contribution in [-0.4, -0.2) is 25.7 Å². The monoisotopic (exact) mass is 192 g/mol. The fourth-order valence-electron chi connectivity index (χ4n) is 0.746. The molecule has 0 radical (unpaired) electrons. The third-order valence-corrected chi connectivity index (χ3v) is 3.48. The van der Waals surface area contributed by atoms with Gasteiger partial charge in [0.2, 0.25) is 0 Å². The molecule has 0 aromatic rings. The van der Waals surface area contributed by atoms with Crippen LogP contribution in [0.2, 0.25) is 0 Å². The van der Waals surface area contributed by atoms with Gasteiger partial charge in [-0.15, -0.1) is 0 Å². The van der Waals surface area contributed by atoms with E-state index in [2.05, 4.69) is 0 Å². The number of ketones is 1. The predicted octanol–water partition coefficient (Wildman–Crippen LogP) is 1.18. The van der Waals surface area contributed by atoms with Crippen molar-refractivity contribution in [2.45, 2.75) is 33.1 Å². The molecule has 0 aromatic heterocycles. The van der Waals surface area contributed by atoms with Crippen molar-refractivity contribution in [1.82, 2.24) is 0 Å². The maximum Gasteiger partial charge on any atom is 0.150 e. The summed E-state index contributed by atoms with van der Waals surface area (Å²) in [5.74, 6) is 1.10. The molecule has 0 amide bonds. The van der Waals surface area contributed by atoms with Crippen molar-refractivity contribution >= 4 is 15.6 Å². The fourth-order valence-corrected chi connectivity index (χ4v) is 2.24. The van der Waals surface area contributed by atoms with E-state index in [-0.39, 0.29) is 5.78 Å². The molecule has 0 spiro atoms. The summed E-state index contributed by atoms with van der Waals surface area (Å²) in [5, 5.41) is 0. The van der Waals surface area contributed by atoms with Crippen molar-refractivity contribution < 1.29 is 13.2 Å². The zero-order valence-corrected chi connectivity index (χ0v) is 8.49. The van der Waals surface area contributed by atoms with Crippen LogP contribution < -0.4 is 0 Å². The number of Topliss-reactive ketones (excluding diaryl/α,β-unsaturated/α-hetero) is 1. The van der Waals surface area contributed by atoms with Gasteiger partial charge in [-0.05, 0) is 19.8 Å². The molecule has 1 aliphatic heterocycles. The van der Waals surface area contributed by atoms with Gasteiger partial charge < -0.3 is 4.79 Å². The lowest BCUT2D eigenvalue weighted by atomic mass is 10.4. The first-order chi connectivity index (χ1) is 5.48. The summed E-state index contributed by atoms with van der Waals surface area (Å²) in [6.07, 6.45) is 2.42. The van der Waals surface area contributed by atoms with E-state index in [1.807, 2.05) is 6.92 Å². The summed E-state index contributed by atoms with van der Waals surface area (Å²) in [7, 11) is -2.55. The minimum absolute atomic E-state index is 0.255. The minimum Gasteiger partial charge on any atom is -0.300 e. The summed E-state index contributed by atoms with van der Waals surface area (Å²) in [6.45, 7) is 3.43. The molecule has 0 atom stereocenters. The number of sulfone groups is 1. The summed E-state index contributed by atoms with van der Waals surface area (Å²) < 4.78 is 20.9. The van der Waals surface area contributed by atoms with Crippen LogP contribution in [0.4, 0.5) is 0 Å². The predicted molar refractivity (Wildman–Crippen MR) is 48.9 cm³/mol. The lowest BCUT2D eigenvalue weighted by Crippen LogP contribution is -1.98. The van der Waals surface area contributed by atoms with E-state index < -0.39 is 9.84 Å². The molecule has 12 heavy (non-hydrogen) atoms. The zero-order chi connectivity index (χ0) is 9.61. The Morgan fingerprint density at radius 2 is 1.58 bits per heavy atom. The Morgan fingerprint density at radius 1 is 1.25 bits per heavy atom. The fraction of sp³-hybridized carbons (Fsp3) is 0.875. The summed E-state index contributed by atoms with van der Waals surface area (Å²) in [4.78, 5) is 9.81. The molecule has 4 heteroatoms. The van der Waals surface area contributed by atoms with Crippen molar-refractivity contribution in [3.05, 3.63) is 0 Å². The van der Waals surface area contributed by atoms with Gasteiger partial charge in [0.05, 0.1) is 11.5 Å². The molecule has 0 bridgehead atoms. The highest BCUT2D eigenvalue weighted by molar-refractivity contribution is 7.91. The molecule has 0 saturated carbocycles. The van der Waals surface area contributed by atoms with Crippen LogP contribution in [0.25, 0.3) is 0 Å². The Kier molecular flexibility index (Phi) is 5.13. The van der Waals surface area contributed by atoms with Crippen LogP contribution in [0.5, 0.6) is 0 Å². The van der Waals surface area contributed by atoms with Gasteiger partial charge in [0, 0.05) is 6.42 Å². The molecule has 3 nitrogen and oxygen atoms in total. The van der Waals surface area contributed by atoms with Gasteiger partial charge in [0.1, 0.15) is 15.6 Å². The third kappa shape index (κ3) is 6.34. The SMILES string of the molecule is CCC(C)=O.O=S1(=O)CCCC1. The molecule has 0 N–H and O–H groups in total. The minimum atomic E-state index is -2.55.